The van der Waals surface area contributed by atoms with Gasteiger partial charge in [-0.05, 0) is 25.7 Å². The maximum Gasteiger partial charge on any atom is 0.107 e. The molecule has 0 aromatic heterocycles. The molecular formula is C10H18O2. The molecule has 0 N–H and O–H groups in total. The van der Waals surface area contributed by atoms with Gasteiger partial charge >= 0.3 is 0 Å². The predicted molar refractivity (Wildman–Crippen MR) is 47.1 cm³/mol. The normalized spacial score (nSPS) is 32.2. The van der Waals surface area contributed by atoms with Crippen LogP contribution < -0.4 is 0 Å². The predicted octanol–water partition coefficient (Wildman–Crippen LogP) is 1.98. The SMILES string of the molecule is C[C@@H](OCC1CCCC1)[C@@H]1CO1. The second-order valence-electron chi connectivity index (χ2n) is 4.06. The first kappa shape index (κ1) is 8.52. The Bertz CT molecular complexity index is 135. The summed E-state index contributed by atoms with van der Waals surface area (Å²) in [5.74, 6) is 0.839. The standard InChI is InChI=1S/C10H18O2/c1-8(10-7-12-10)11-6-9-4-2-3-5-9/h8-10H,2-7H2,1H3/t8-,10+/m1/s1. The van der Waals surface area contributed by atoms with Crippen LogP contribution in [0.2, 0.25) is 0 Å². The van der Waals surface area contributed by atoms with E-state index in [9.17, 15) is 0 Å². The number of epoxide rings is 1. The maximum atomic E-state index is 5.72. The lowest BCUT2D eigenvalue weighted by atomic mass is 10.1. The van der Waals surface area contributed by atoms with E-state index < -0.39 is 0 Å². The number of rotatable bonds is 4. The highest BCUT2D eigenvalue weighted by Crippen LogP contribution is 2.26. The van der Waals surface area contributed by atoms with Crippen molar-refractivity contribution in [3.8, 4) is 0 Å². The molecule has 70 valence electrons. The molecule has 2 rings (SSSR count). The number of ether oxygens (including phenoxy) is 2. The molecule has 0 aromatic carbocycles. The van der Waals surface area contributed by atoms with E-state index in [0.717, 1.165) is 19.1 Å². The van der Waals surface area contributed by atoms with E-state index in [1.165, 1.54) is 25.7 Å². The van der Waals surface area contributed by atoms with Gasteiger partial charge in [0, 0.05) is 6.61 Å². The molecule has 0 unspecified atom stereocenters. The summed E-state index contributed by atoms with van der Waals surface area (Å²) in [6.07, 6.45) is 6.29. The van der Waals surface area contributed by atoms with Crippen molar-refractivity contribution in [2.75, 3.05) is 13.2 Å². The zero-order chi connectivity index (χ0) is 8.39. The van der Waals surface area contributed by atoms with Crippen LogP contribution in [0, 0.1) is 5.92 Å². The minimum Gasteiger partial charge on any atom is -0.375 e. The number of hydrogen-bond acceptors (Lipinski definition) is 2. The van der Waals surface area contributed by atoms with Crippen LogP contribution in [0.3, 0.4) is 0 Å². The van der Waals surface area contributed by atoms with Crippen molar-refractivity contribution in [3.63, 3.8) is 0 Å². The minimum atomic E-state index is 0.325. The van der Waals surface area contributed by atoms with Gasteiger partial charge < -0.3 is 9.47 Å². The highest BCUT2D eigenvalue weighted by Gasteiger charge is 2.30. The molecule has 0 amide bonds. The molecule has 0 spiro atoms. The van der Waals surface area contributed by atoms with Gasteiger partial charge in [-0.25, -0.2) is 0 Å². The summed E-state index contributed by atoms with van der Waals surface area (Å²) in [4.78, 5) is 0. The summed E-state index contributed by atoms with van der Waals surface area (Å²) in [5, 5.41) is 0. The Morgan fingerprint density at radius 3 is 2.67 bits per heavy atom. The Morgan fingerprint density at radius 1 is 1.42 bits per heavy atom. The van der Waals surface area contributed by atoms with Crippen LogP contribution in [0.15, 0.2) is 0 Å². The van der Waals surface area contributed by atoms with Crippen LogP contribution in [0.5, 0.6) is 0 Å². The molecular weight excluding hydrogens is 152 g/mol. The van der Waals surface area contributed by atoms with Crippen LogP contribution in [-0.4, -0.2) is 25.4 Å². The molecule has 1 aliphatic carbocycles. The molecule has 2 aliphatic rings. The van der Waals surface area contributed by atoms with E-state index in [1.807, 2.05) is 0 Å². The number of hydrogen-bond donors (Lipinski definition) is 0. The summed E-state index contributed by atoms with van der Waals surface area (Å²) >= 11 is 0. The van der Waals surface area contributed by atoms with Crippen molar-refractivity contribution in [3.05, 3.63) is 0 Å². The van der Waals surface area contributed by atoms with E-state index in [0.29, 0.717) is 12.2 Å². The summed E-state index contributed by atoms with van der Waals surface area (Å²) < 4.78 is 10.9. The van der Waals surface area contributed by atoms with E-state index in [4.69, 9.17) is 9.47 Å². The fourth-order valence-corrected chi connectivity index (χ4v) is 1.90. The zero-order valence-corrected chi connectivity index (χ0v) is 7.79. The maximum absolute atomic E-state index is 5.72. The second-order valence-corrected chi connectivity index (χ2v) is 4.06. The molecule has 1 saturated carbocycles. The lowest BCUT2D eigenvalue weighted by Crippen LogP contribution is -2.19. The van der Waals surface area contributed by atoms with Crippen molar-refractivity contribution in [2.24, 2.45) is 5.92 Å². The average Bonchev–Trinajstić information content (AvgIpc) is 2.80. The van der Waals surface area contributed by atoms with Crippen LogP contribution in [0.25, 0.3) is 0 Å². The molecule has 2 heteroatoms. The average molecular weight is 170 g/mol. The fourth-order valence-electron chi connectivity index (χ4n) is 1.90. The molecule has 0 radical (unpaired) electrons. The first-order valence-corrected chi connectivity index (χ1v) is 5.09. The van der Waals surface area contributed by atoms with E-state index in [2.05, 4.69) is 6.92 Å². The molecule has 1 heterocycles. The molecule has 0 aromatic rings. The van der Waals surface area contributed by atoms with Gasteiger partial charge in [-0.2, -0.15) is 0 Å². The van der Waals surface area contributed by atoms with Crippen molar-refractivity contribution in [1.82, 2.24) is 0 Å². The lowest BCUT2D eigenvalue weighted by Gasteiger charge is -2.14. The highest BCUT2D eigenvalue weighted by molar-refractivity contribution is 4.77. The Labute approximate surface area is 74.2 Å². The molecule has 2 nitrogen and oxygen atoms in total. The minimum absolute atomic E-state index is 0.325. The smallest absolute Gasteiger partial charge is 0.107 e. The monoisotopic (exact) mass is 170 g/mol. The summed E-state index contributed by atoms with van der Waals surface area (Å²) in [6.45, 7) is 3.99. The summed E-state index contributed by atoms with van der Waals surface area (Å²) in [5.41, 5.74) is 0. The van der Waals surface area contributed by atoms with Crippen LogP contribution in [0.4, 0.5) is 0 Å². The van der Waals surface area contributed by atoms with Gasteiger partial charge in [-0.3, -0.25) is 0 Å². The largest absolute Gasteiger partial charge is 0.375 e. The van der Waals surface area contributed by atoms with Gasteiger partial charge in [0.15, 0.2) is 0 Å². The Kier molecular flexibility index (Phi) is 2.66. The van der Waals surface area contributed by atoms with Crippen LogP contribution >= 0.6 is 0 Å². The first-order valence-electron chi connectivity index (χ1n) is 5.09. The van der Waals surface area contributed by atoms with Gasteiger partial charge in [0.2, 0.25) is 0 Å². The molecule has 2 atom stereocenters. The summed E-state index contributed by atoms with van der Waals surface area (Å²) in [6, 6.07) is 0. The van der Waals surface area contributed by atoms with Gasteiger partial charge in [-0.1, -0.05) is 12.8 Å². The van der Waals surface area contributed by atoms with Crippen molar-refractivity contribution >= 4 is 0 Å². The first-order chi connectivity index (χ1) is 5.86. The van der Waals surface area contributed by atoms with E-state index in [1.54, 1.807) is 0 Å². The van der Waals surface area contributed by atoms with Crippen molar-refractivity contribution in [2.45, 2.75) is 44.8 Å². The van der Waals surface area contributed by atoms with Gasteiger partial charge in [0.1, 0.15) is 6.10 Å². The van der Waals surface area contributed by atoms with Crippen LogP contribution in [0.1, 0.15) is 32.6 Å². The van der Waals surface area contributed by atoms with Crippen molar-refractivity contribution in [1.29, 1.82) is 0 Å². The lowest BCUT2D eigenvalue weighted by molar-refractivity contribution is 0.0247. The van der Waals surface area contributed by atoms with Gasteiger partial charge in [0.25, 0.3) is 0 Å². The molecule has 1 saturated heterocycles. The molecule has 2 fully saturated rings. The third kappa shape index (κ3) is 2.20. The fraction of sp³-hybridized carbons (Fsp3) is 1.00. The Balaban J connectivity index is 1.60. The Hall–Kier alpha value is -0.0800. The highest BCUT2D eigenvalue weighted by atomic mass is 16.6. The van der Waals surface area contributed by atoms with E-state index >= 15 is 0 Å². The third-order valence-electron chi connectivity index (χ3n) is 2.95. The Morgan fingerprint density at radius 2 is 2.08 bits per heavy atom. The van der Waals surface area contributed by atoms with E-state index in [-0.39, 0.29) is 0 Å². The third-order valence-corrected chi connectivity index (χ3v) is 2.95. The summed E-state index contributed by atoms with van der Waals surface area (Å²) in [7, 11) is 0. The molecule has 0 bridgehead atoms. The topological polar surface area (TPSA) is 21.8 Å². The van der Waals surface area contributed by atoms with Gasteiger partial charge in [0.05, 0.1) is 12.7 Å². The molecule has 1 aliphatic heterocycles. The van der Waals surface area contributed by atoms with Crippen LogP contribution in [-0.2, 0) is 9.47 Å². The van der Waals surface area contributed by atoms with Gasteiger partial charge in [-0.15, -0.1) is 0 Å². The molecule has 12 heavy (non-hydrogen) atoms. The zero-order valence-electron chi connectivity index (χ0n) is 7.79. The second kappa shape index (κ2) is 3.75. The quantitative estimate of drug-likeness (QED) is 0.602. The van der Waals surface area contributed by atoms with Crippen molar-refractivity contribution < 1.29 is 9.47 Å².